The van der Waals surface area contributed by atoms with Gasteiger partial charge in [0.2, 0.25) is 0 Å². The van der Waals surface area contributed by atoms with Crippen LogP contribution < -0.4 is 5.73 Å². The average molecular weight is 269 g/mol. The molecule has 1 saturated heterocycles. The van der Waals surface area contributed by atoms with Gasteiger partial charge in [-0.15, -0.1) is 11.3 Å². The summed E-state index contributed by atoms with van der Waals surface area (Å²) >= 11 is 1.72. The molecule has 1 aromatic rings. The number of nitrogens with zero attached hydrogens (tertiary/aromatic N) is 2. The fraction of sp³-hybridized carbons (Fsp3) is 0.769. The van der Waals surface area contributed by atoms with Crippen molar-refractivity contribution in [2.24, 2.45) is 5.73 Å². The molecule has 0 aliphatic carbocycles. The van der Waals surface area contributed by atoms with E-state index in [9.17, 15) is 0 Å². The van der Waals surface area contributed by atoms with Crippen LogP contribution in [0.1, 0.15) is 30.5 Å². The van der Waals surface area contributed by atoms with E-state index in [2.05, 4.69) is 22.2 Å². The Morgan fingerprint density at radius 2 is 2.50 bits per heavy atom. The minimum atomic E-state index is 0.423. The van der Waals surface area contributed by atoms with E-state index in [1.54, 1.807) is 11.3 Å². The molecule has 0 aromatic carbocycles. The van der Waals surface area contributed by atoms with Gasteiger partial charge in [0.15, 0.2) is 0 Å². The van der Waals surface area contributed by atoms with Crippen molar-refractivity contribution in [3.05, 3.63) is 16.1 Å². The summed E-state index contributed by atoms with van der Waals surface area (Å²) in [4.78, 5) is 7.03. The summed E-state index contributed by atoms with van der Waals surface area (Å²) in [5, 5.41) is 3.31. The van der Waals surface area contributed by atoms with Gasteiger partial charge in [-0.05, 0) is 25.9 Å². The second-order valence-electron chi connectivity index (χ2n) is 4.73. The Hall–Kier alpha value is -0.490. The Kier molecular flexibility index (Phi) is 5.56. The topological polar surface area (TPSA) is 51.4 Å². The van der Waals surface area contributed by atoms with E-state index in [0.717, 1.165) is 37.7 Å². The lowest BCUT2D eigenvalue weighted by atomic mass is 10.2. The number of hydrogen-bond donors (Lipinski definition) is 1. The SMILES string of the molecule is CCN(Cc1csc(CCN)n1)CC1CCCO1. The number of rotatable bonds is 7. The molecule has 0 bridgehead atoms. The summed E-state index contributed by atoms with van der Waals surface area (Å²) in [6.45, 7) is 6.81. The van der Waals surface area contributed by atoms with E-state index in [1.807, 2.05) is 0 Å². The summed E-state index contributed by atoms with van der Waals surface area (Å²) in [6.07, 6.45) is 3.72. The molecule has 4 nitrogen and oxygen atoms in total. The highest BCUT2D eigenvalue weighted by Crippen LogP contribution is 2.16. The van der Waals surface area contributed by atoms with Crippen molar-refractivity contribution in [1.29, 1.82) is 0 Å². The van der Waals surface area contributed by atoms with Crippen LogP contribution in [0.25, 0.3) is 0 Å². The number of hydrogen-bond acceptors (Lipinski definition) is 5. The van der Waals surface area contributed by atoms with Gasteiger partial charge in [0, 0.05) is 31.5 Å². The first-order valence-corrected chi connectivity index (χ1v) is 7.67. The molecule has 2 heterocycles. The van der Waals surface area contributed by atoms with E-state index >= 15 is 0 Å². The fourth-order valence-electron chi connectivity index (χ4n) is 2.27. The molecule has 0 spiro atoms. The number of nitrogens with two attached hydrogens (primary N) is 1. The van der Waals surface area contributed by atoms with Crippen LogP contribution in [-0.2, 0) is 17.7 Å². The molecule has 0 amide bonds. The molecular formula is C13H23N3OS. The smallest absolute Gasteiger partial charge is 0.0941 e. The largest absolute Gasteiger partial charge is 0.377 e. The summed E-state index contributed by atoms with van der Waals surface area (Å²) in [5.41, 5.74) is 6.72. The van der Waals surface area contributed by atoms with Gasteiger partial charge in [0.25, 0.3) is 0 Å². The van der Waals surface area contributed by atoms with Crippen molar-refractivity contribution in [3.8, 4) is 0 Å². The minimum Gasteiger partial charge on any atom is -0.377 e. The molecule has 102 valence electrons. The Morgan fingerprint density at radius 3 is 3.17 bits per heavy atom. The van der Waals surface area contributed by atoms with Crippen LogP contribution in [-0.4, -0.2) is 42.2 Å². The molecule has 1 aliphatic heterocycles. The van der Waals surface area contributed by atoms with Crippen molar-refractivity contribution in [3.63, 3.8) is 0 Å². The zero-order chi connectivity index (χ0) is 12.8. The molecule has 1 aliphatic rings. The number of ether oxygens (including phenoxy) is 1. The maximum Gasteiger partial charge on any atom is 0.0941 e. The highest BCUT2D eigenvalue weighted by atomic mass is 32.1. The molecule has 5 heteroatoms. The van der Waals surface area contributed by atoms with Gasteiger partial charge in [-0.2, -0.15) is 0 Å². The predicted octanol–water partition coefficient (Wildman–Crippen LogP) is 1.65. The molecule has 2 rings (SSSR count). The summed E-state index contributed by atoms with van der Waals surface area (Å²) in [6, 6.07) is 0. The van der Waals surface area contributed by atoms with Gasteiger partial charge >= 0.3 is 0 Å². The fourth-order valence-corrected chi connectivity index (χ4v) is 3.08. The van der Waals surface area contributed by atoms with Crippen LogP contribution in [0.4, 0.5) is 0 Å². The molecule has 18 heavy (non-hydrogen) atoms. The molecule has 0 radical (unpaired) electrons. The zero-order valence-electron chi connectivity index (χ0n) is 11.1. The van der Waals surface area contributed by atoms with Crippen LogP contribution in [0, 0.1) is 0 Å². The van der Waals surface area contributed by atoms with Crippen LogP contribution in [0.15, 0.2) is 5.38 Å². The van der Waals surface area contributed by atoms with E-state index in [-0.39, 0.29) is 0 Å². The van der Waals surface area contributed by atoms with Crippen molar-refractivity contribution in [2.75, 3.05) is 26.2 Å². The Bertz CT molecular complexity index is 350. The average Bonchev–Trinajstić information content (AvgIpc) is 3.01. The third kappa shape index (κ3) is 4.02. The Morgan fingerprint density at radius 1 is 1.61 bits per heavy atom. The lowest BCUT2D eigenvalue weighted by Crippen LogP contribution is -2.31. The lowest BCUT2D eigenvalue weighted by Gasteiger charge is -2.22. The van der Waals surface area contributed by atoms with Crippen LogP contribution in [0.5, 0.6) is 0 Å². The number of likely N-dealkylation sites (N-methyl/N-ethyl adjacent to an activating group) is 1. The molecule has 1 atom stereocenters. The first-order chi connectivity index (χ1) is 8.81. The summed E-state index contributed by atoms with van der Waals surface area (Å²) in [5.74, 6) is 0. The molecule has 1 fully saturated rings. The summed E-state index contributed by atoms with van der Waals surface area (Å²) < 4.78 is 5.69. The van der Waals surface area contributed by atoms with Crippen molar-refractivity contribution in [1.82, 2.24) is 9.88 Å². The number of aromatic nitrogens is 1. The normalized spacial score (nSPS) is 19.8. The van der Waals surface area contributed by atoms with Crippen LogP contribution >= 0.6 is 11.3 Å². The second-order valence-corrected chi connectivity index (χ2v) is 5.68. The minimum absolute atomic E-state index is 0.423. The second kappa shape index (κ2) is 7.19. The molecule has 1 aromatic heterocycles. The Labute approximate surface area is 113 Å². The molecular weight excluding hydrogens is 246 g/mol. The summed E-state index contributed by atoms with van der Waals surface area (Å²) in [7, 11) is 0. The maximum absolute atomic E-state index is 5.69. The van der Waals surface area contributed by atoms with Crippen molar-refractivity contribution in [2.45, 2.75) is 38.8 Å². The predicted molar refractivity (Wildman–Crippen MR) is 74.8 cm³/mol. The Balaban J connectivity index is 1.83. The van der Waals surface area contributed by atoms with E-state index in [4.69, 9.17) is 10.5 Å². The van der Waals surface area contributed by atoms with E-state index in [1.165, 1.54) is 18.5 Å². The standard InChI is InChI=1S/C13H23N3OS/c1-2-16(9-12-4-3-7-17-12)8-11-10-18-13(15-11)5-6-14/h10,12H,2-9,14H2,1H3. The van der Waals surface area contributed by atoms with Crippen LogP contribution in [0.3, 0.4) is 0 Å². The molecule has 0 saturated carbocycles. The first-order valence-electron chi connectivity index (χ1n) is 6.79. The van der Waals surface area contributed by atoms with Gasteiger partial charge in [0.1, 0.15) is 0 Å². The third-order valence-electron chi connectivity index (χ3n) is 3.28. The van der Waals surface area contributed by atoms with Gasteiger partial charge in [0.05, 0.1) is 16.8 Å². The van der Waals surface area contributed by atoms with Crippen molar-refractivity contribution >= 4 is 11.3 Å². The zero-order valence-corrected chi connectivity index (χ0v) is 11.9. The highest BCUT2D eigenvalue weighted by molar-refractivity contribution is 7.09. The lowest BCUT2D eigenvalue weighted by molar-refractivity contribution is 0.0721. The molecule has 1 unspecified atom stereocenters. The van der Waals surface area contributed by atoms with Gasteiger partial charge in [-0.3, -0.25) is 4.90 Å². The highest BCUT2D eigenvalue weighted by Gasteiger charge is 2.19. The van der Waals surface area contributed by atoms with Gasteiger partial charge in [-0.1, -0.05) is 6.92 Å². The number of thiazole rings is 1. The quantitative estimate of drug-likeness (QED) is 0.817. The van der Waals surface area contributed by atoms with Gasteiger partial charge in [-0.25, -0.2) is 4.98 Å². The van der Waals surface area contributed by atoms with Crippen LogP contribution in [0.2, 0.25) is 0 Å². The van der Waals surface area contributed by atoms with Crippen molar-refractivity contribution < 1.29 is 4.74 Å². The monoisotopic (exact) mass is 269 g/mol. The first kappa shape index (κ1) is 13.9. The van der Waals surface area contributed by atoms with Gasteiger partial charge < -0.3 is 10.5 Å². The van der Waals surface area contributed by atoms with E-state index in [0.29, 0.717) is 12.6 Å². The third-order valence-corrected chi connectivity index (χ3v) is 4.23. The van der Waals surface area contributed by atoms with E-state index < -0.39 is 0 Å². The maximum atomic E-state index is 5.69. The molecule has 2 N–H and O–H groups in total.